The molecule has 1 aromatic heterocycles. The molecule has 1 unspecified atom stereocenters. The minimum Gasteiger partial charge on any atom is -0.456 e. The Bertz CT molecular complexity index is 785. The first kappa shape index (κ1) is 17.7. The van der Waals surface area contributed by atoms with E-state index >= 15 is 0 Å². The maximum absolute atomic E-state index is 12.3. The van der Waals surface area contributed by atoms with Crippen LogP contribution in [0, 0.1) is 0 Å². The Morgan fingerprint density at radius 1 is 1.33 bits per heavy atom. The molecule has 0 aliphatic carbocycles. The van der Waals surface area contributed by atoms with E-state index in [0.717, 1.165) is 6.42 Å². The van der Waals surface area contributed by atoms with Crippen LogP contribution in [0.4, 0.5) is 0 Å². The molecule has 2 rings (SSSR count). The number of hydrogen-bond donors (Lipinski definition) is 1. The number of aryl methyl sites for hydroxylation is 1. The second kappa shape index (κ2) is 8.24. The first-order chi connectivity index (χ1) is 11.5. The molecule has 0 saturated heterocycles. The minimum absolute atomic E-state index is 0.00343. The van der Waals surface area contributed by atoms with Gasteiger partial charge in [0.2, 0.25) is 0 Å². The van der Waals surface area contributed by atoms with Crippen LogP contribution < -0.4 is 10.9 Å². The van der Waals surface area contributed by atoms with Gasteiger partial charge in [-0.15, -0.1) is 0 Å². The van der Waals surface area contributed by atoms with Crippen LogP contribution in [0.25, 0.3) is 10.9 Å². The second-order valence-electron chi connectivity index (χ2n) is 5.55. The summed E-state index contributed by atoms with van der Waals surface area (Å²) in [5.74, 6) is -0.864. The fraction of sp³-hybridized carbons (Fsp3) is 0.412. The Morgan fingerprint density at radius 2 is 2.08 bits per heavy atom. The Morgan fingerprint density at radius 3 is 2.83 bits per heavy atom. The SMILES string of the molecule is CCC(C)NC(=O)COC(=O)CCn1cnc2ccccc2c1=O. The molecule has 24 heavy (non-hydrogen) atoms. The quantitative estimate of drug-likeness (QED) is 0.771. The summed E-state index contributed by atoms with van der Waals surface area (Å²) in [7, 11) is 0. The van der Waals surface area contributed by atoms with Crippen molar-refractivity contribution in [3.05, 3.63) is 40.9 Å². The van der Waals surface area contributed by atoms with E-state index in [1.165, 1.54) is 10.9 Å². The average molecular weight is 331 g/mol. The summed E-state index contributed by atoms with van der Waals surface area (Å²) in [6, 6.07) is 7.06. The number of carbonyl (C=O) groups is 2. The molecule has 1 amide bonds. The van der Waals surface area contributed by atoms with E-state index in [2.05, 4.69) is 10.3 Å². The summed E-state index contributed by atoms with van der Waals surface area (Å²) < 4.78 is 6.28. The van der Waals surface area contributed by atoms with E-state index < -0.39 is 5.97 Å². The molecule has 2 aromatic rings. The van der Waals surface area contributed by atoms with Crippen LogP contribution in [0.5, 0.6) is 0 Å². The molecule has 1 atom stereocenters. The third-order valence-electron chi connectivity index (χ3n) is 3.67. The predicted molar refractivity (Wildman–Crippen MR) is 89.5 cm³/mol. The lowest BCUT2D eigenvalue weighted by Gasteiger charge is -2.11. The van der Waals surface area contributed by atoms with Gasteiger partial charge in [0.1, 0.15) is 0 Å². The molecule has 0 aliphatic heterocycles. The number of hydrogen-bond acceptors (Lipinski definition) is 5. The molecule has 0 radical (unpaired) electrons. The normalized spacial score (nSPS) is 11.9. The summed E-state index contributed by atoms with van der Waals surface area (Å²) in [4.78, 5) is 39.7. The highest BCUT2D eigenvalue weighted by molar-refractivity contribution is 5.80. The summed E-state index contributed by atoms with van der Waals surface area (Å²) in [6.07, 6.45) is 2.21. The van der Waals surface area contributed by atoms with Gasteiger partial charge in [-0.3, -0.25) is 19.0 Å². The number of ether oxygens (including phenoxy) is 1. The number of benzene rings is 1. The van der Waals surface area contributed by atoms with Gasteiger partial charge < -0.3 is 10.1 Å². The molecule has 1 heterocycles. The van der Waals surface area contributed by atoms with Crippen LogP contribution in [-0.4, -0.2) is 34.1 Å². The lowest BCUT2D eigenvalue weighted by molar-refractivity contribution is -0.148. The first-order valence-electron chi connectivity index (χ1n) is 7.90. The van der Waals surface area contributed by atoms with Crippen molar-refractivity contribution in [2.75, 3.05) is 6.61 Å². The van der Waals surface area contributed by atoms with Gasteiger partial charge >= 0.3 is 5.97 Å². The van der Waals surface area contributed by atoms with E-state index in [9.17, 15) is 14.4 Å². The highest BCUT2D eigenvalue weighted by atomic mass is 16.5. The molecule has 7 heteroatoms. The van der Waals surface area contributed by atoms with Gasteiger partial charge in [-0.25, -0.2) is 4.98 Å². The van der Waals surface area contributed by atoms with E-state index in [0.29, 0.717) is 10.9 Å². The van der Waals surface area contributed by atoms with Crippen molar-refractivity contribution in [2.24, 2.45) is 0 Å². The smallest absolute Gasteiger partial charge is 0.308 e. The molecule has 1 N–H and O–H groups in total. The summed E-state index contributed by atoms with van der Waals surface area (Å²) >= 11 is 0. The molecule has 0 saturated carbocycles. The highest BCUT2D eigenvalue weighted by Crippen LogP contribution is 2.05. The number of amides is 1. The van der Waals surface area contributed by atoms with Crippen LogP contribution in [0.2, 0.25) is 0 Å². The minimum atomic E-state index is -0.533. The van der Waals surface area contributed by atoms with E-state index in [1.807, 2.05) is 13.8 Å². The largest absolute Gasteiger partial charge is 0.456 e. The summed E-state index contributed by atoms with van der Waals surface area (Å²) in [6.45, 7) is 3.67. The molecule has 0 bridgehead atoms. The van der Waals surface area contributed by atoms with Crippen LogP contribution in [0.15, 0.2) is 35.4 Å². The number of nitrogens with one attached hydrogen (secondary N) is 1. The van der Waals surface area contributed by atoms with Crippen molar-refractivity contribution in [1.82, 2.24) is 14.9 Å². The Kier molecular flexibility index (Phi) is 6.06. The molecule has 0 aliphatic rings. The first-order valence-corrected chi connectivity index (χ1v) is 7.90. The molecular weight excluding hydrogens is 310 g/mol. The number of aromatic nitrogens is 2. The molecule has 7 nitrogen and oxygen atoms in total. The predicted octanol–water partition coefficient (Wildman–Crippen LogP) is 1.24. The number of nitrogens with zero attached hydrogens (tertiary/aromatic N) is 2. The topological polar surface area (TPSA) is 90.3 Å². The number of esters is 1. The van der Waals surface area contributed by atoms with E-state index in [4.69, 9.17) is 4.74 Å². The van der Waals surface area contributed by atoms with E-state index in [-0.39, 0.29) is 37.1 Å². The van der Waals surface area contributed by atoms with Gasteiger partial charge in [0, 0.05) is 12.6 Å². The number of rotatable bonds is 7. The zero-order chi connectivity index (χ0) is 17.5. The van der Waals surface area contributed by atoms with Crippen molar-refractivity contribution in [3.63, 3.8) is 0 Å². The zero-order valence-corrected chi connectivity index (χ0v) is 13.8. The van der Waals surface area contributed by atoms with Crippen LogP contribution in [-0.2, 0) is 20.9 Å². The maximum atomic E-state index is 12.3. The van der Waals surface area contributed by atoms with Crippen molar-refractivity contribution in [2.45, 2.75) is 39.3 Å². The summed E-state index contributed by atoms with van der Waals surface area (Å²) in [5.41, 5.74) is 0.408. The molecule has 1 aromatic carbocycles. The Balaban J connectivity index is 1.87. The number of para-hydroxylation sites is 1. The molecule has 0 fully saturated rings. The van der Waals surface area contributed by atoms with Crippen LogP contribution in [0.1, 0.15) is 26.7 Å². The van der Waals surface area contributed by atoms with Gasteiger partial charge in [-0.1, -0.05) is 19.1 Å². The lowest BCUT2D eigenvalue weighted by Crippen LogP contribution is -2.35. The zero-order valence-electron chi connectivity index (χ0n) is 13.8. The van der Waals surface area contributed by atoms with Gasteiger partial charge in [-0.05, 0) is 25.5 Å². The third-order valence-corrected chi connectivity index (χ3v) is 3.67. The Hall–Kier alpha value is -2.70. The van der Waals surface area contributed by atoms with Gasteiger partial charge in [0.05, 0.1) is 23.7 Å². The monoisotopic (exact) mass is 331 g/mol. The maximum Gasteiger partial charge on any atom is 0.308 e. The number of carbonyl (C=O) groups excluding carboxylic acids is 2. The highest BCUT2D eigenvalue weighted by Gasteiger charge is 2.10. The van der Waals surface area contributed by atoms with Gasteiger partial charge in [-0.2, -0.15) is 0 Å². The van der Waals surface area contributed by atoms with Crippen molar-refractivity contribution in [3.8, 4) is 0 Å². The second-order valence-corrected chi connectivity index (χ2v) is 5.55. The van der Waals surface area contributed by atoms with Crippen molar-refractivity contribution < 1.29 is 14.3 Å². The molecule has 128 valence electrons. The lowest BCUT2D eigenvalue weighted by atomic mass is 10.2. The molecular formula is C17H21N3O4. The van der Waals surface area contributed by atoms with Crippen LogP contribution >= 0.6 is 0 Å². The third kappa shape index (κ3) is 4.65. The van der Waals surface area contributed by atoms with Crippen molar-refractivity contribution in [1.29, 1.82) is 0 Å². The fourth-order valence-corrected chi connectivity index (χ4v) is 2.11. The fourth-order valence-electron chi connectivity index (χ4n) is 2.11. The van der Waals surface area contributed by atoms with Gasteiger partial charge in [0.25, 0.3) is 11.5 Å². The number of fused-ring (bicyclic) bond motifs is 1. The van der Waals surface area contributed by atoms with E-state index in [1.54, 1.807) is 24.3 Å². The van der Waals surface area contributed by atoms with Gasteiger partial charge in [0.15, 0.2) is 6.61 Å². The Labute approximate surface area is 139 Å². The average Bonchev–Trinajstić information content (AvgIpc) is 2.59. The van der Waals surface area contributed by atoms with Crippen molar-refractivity contribution >= 4 is 22.8 Å². The van der Waals surface area contributed by atoms with Crippen LogP contribution in [0.3, 0.4) is 0 Å². The summed E-state index contributed by atoms with van der Waals surface area (Å²) in [5, 5.41) is 3.21. The standard InChI is InChI=1S/C17H21N3O4/c1-3-12(2)19-15(21)10-24-16(22)8-9-20-11-18-14-7-5-4-6-13(14)17(20)23/h4-7,11-12H,3,8-10H2,1-2H3,(H,19,21). The molecule has 0 spiro atoms.